The van der Waals surface area contributed by atoms with Crippen LogP contribution in [0.15, 0.2) is 36.4 Å². The Labute approximate surface area is 120 Å². The first-order valence-electron chi connectivity index (χ1n) is 6.10. The summed E-state index contributed by atoms with van der Waals surface area (Å²) in [6.07, 6.45) is 0. The fourth-order valence-electron chi connectivity index (χ4n) is 2.09. The van der Waals surface area contributed by atoms with E-state index in [1.807, 2.05) is 13.0 Å². The van der Waals surface area contributed by atoms with Crippen molar-refractivity contribution in [1.82, 2.24) is 0 Å². The molecule has 6 nitrogen and oxygen atoms in total. The van der Waals surface area contributed by atoms with Gasteiger partial charge in [-0.2, -0.15) is 0 Å². The summed E-state index contributed by atoms with van der Waals surface area (Å²) in [6.45, 7) is 1.85. The van der Waals surface area contributed by atoms with E-state index < -0.39 is 10.9 Å². The first-order chi connectivity index (χ1) is 9.93. The monoisotopic (exact) mass is 287 g/mol. The van der Waals surface area contributed by atoms with Crippen LogP contribution in [-0.4, -0.2) is 23.1 Å². The third kappa shape index (κ3) is 2.84. The maximum atomic E-state index is 11.4. The van der Waals surface area contributed by atoms with Gasteiger partial charge in [0.25, 0.3) is 5.69 Å². The van der Waals surface area contributed by atoms with Crippen LogP contribution in [0.5, 0.6) is 5.75 Å². The third-order valence-corrected chi connectivity index (χ3v) is 3.09. The highest BCUT2D eigenvalue weighted by Gasteiger charge is 2.19. The van der Waals surface area contributed by atoms with Crippen molar-refractivity contribution in [3.05, 3.63) is 57.6 Å². The molecule has 6 heteroatoms. The van der Waals surface area contributed by atoms with Gasteiger partial charge in [-0.3, -0.25) is 10.1 Å². The van der Waals surface area contributed by atoms with Crippen molar-refractivity contribution in [3.63, 3.8) is 0 Å². The second-order valence-corrected chi connectivity index (χ2v) is 4.50. The second-order valence-electron chi connectivity index (χ2n) is 4.50. The van der Waals surface area contributed by atoms with Crippen LogP contribution in [0.1, 0.15) is 15.9 Å². The second kappa shape index (κ2) is 5.62. The summed E-state index contributed by atoms with van der Waals surface area (Å²) in [4.78, 5) is 21.7. The molecule has 0 aliphatic rings. The fraction of sp³-hybridized carbons (Fsp3) is 0.133. The minimum Gasteiger partial charge on any atom is -0.496 e. The van der Waals surface area contributed by atoms with E-state index >= 15 is 0 Å². The third-order valence-electron chi connectivity index (χ3n) is 3.09. The van der Waals surface area contributed by atoms with Gasteiger partial charge in [0, 0.05) is 23.3 Å². The molecule has 1 N–H and O–H groups in total. The number of non-ortho nitro benzene ring substituents is 1. The predicted octanol–water partition coefficient (Wildman–Crippen LogP) is 3.28. The van der Waals surface area contributed by atoms with Gasteiger partial charge in [0.1, 0.15) is 5.75 Å². The number of nitro benzene ring substituents is 1. The normalized spacial score (nSPS) is 10.2. The summed E-state index contributed by atoms with van der Waals surface area (Å²) < 4.78 is 5.23. The minimum atomic E-state index is -1.15. The van der Waals surface area contributed by atoms with Gasteiger partial charge >= 0.3 is 5.97 Å². The van der Waals surface area contributed by atoms with E-state index in [1.165, 1.54) is 25.3 Å². The van der Waals surface area contributed by atoms with E-state index in [0.717, 1.165) is 5.56 Å². The van der Waals surface area contributed by atoms with Crippen molar-refractivity contribution in [1.29, 1.82) is 0 Å². The highest BCUT2D eigenvalue weighted by molar-refractivity contribution is 5.97. The largest absolute Gasteiger partial charge is 0.496 e. The molecule has 0 spiro atoms. The van der Waals surface area contributed by atoms with Crippen molar-refractivity contribution < 1.29 is 19.6 Å². The Balaban J connectivity index is 2.76. The molecule has 0 saturated carbocycles. The summed E-state index contributed by atoms with van der Waals surface area (Å²) in [5.41, 5.74) is 1.49. The molecule has 0 radical (unpaired) electrons. The number of carboxylic acids is 1. The van der Waals surface area contributed by atoms with Gasteiger partial charge in [0.2, 0.25) is 0 Å². The summed E-state index contributed by atoms with van der Waals surface area (Å²) in [6, 6.07) is 8.92. The lowest BCUT2D eigenvalue weighted by Gasteiger charge is -2.12. The van der Waals surface area contributed by atoms with Crippen LogP contribution >= 0.6 is 0 Å². The molecule has 0 aromatic heterocycles. The zero-order chi connectivity index (χ0) is 15.6. The van der Waals surface area contributed by atoms with Gasteiger partial charge < -0.3 is 9.84 Å². The lowest BCUT2D eigenvalue weighted by atomic mass is 9.96. The molecule has 0 amide bonds. The molecule has 108 valence electrons. The Morgan fingerprint density at radius 3 is 2.48 bits per heavy atom. The van der Waals surface area contributed by atoms with Crippen LogP contribution in [0.25, 0.3) is 11.1 Å². The molecular weight excluding hydrogens is 274 g/mol. The van der Waals surface area contributed by atoms with E-state index in [-0.39, 0.29) is 16.8 Å². The average Bonchev–Trinajstić information content (AvgIpc) is 2.46. The molecule has 0 fully saturated rings. The molecule has 0 unspecified atom stereocenters. The number of carbonyl (C=O) groups is 1. The van der Waals surface area contributed by atoms with Gasteiger partial charge in [-0.25, -0.2) is 4.79 Å². The number of methoxy groups -OCH3 is 1. The van der Waals surface area contributed by atoms with Crippen molar-refractivity contribution in [2.24, 2.45) is 0 Å². The maximum absolute atomic E-state index is 11.4. The zero-order valence-electron chi connectivity index (χ0n) is 11.5. The summed E-state index contributed by atoms with van der Waals surface area (Å²) >= 11 is 0. The number of carboxylic acid groups (broad SMARTS) is 1. The molecule has 0 aliphatic carbocycles. The number of hydrogen-bond donors (Lipinski definition) is 1. The van der Waals surface area contributed by atoms with Gasteiger partial charge in [0.15, 0.2) is 0 Å². The molecule has 2 aromatic carbocycles. The number of ether oxygens (including phenoxy) is 1. The molecule has 2 rings (SSSR count). The van der Waals surface area contributed by atoms with Gasteiger partial charge in [0.05, 0.1) is 17.6 Å². The molecule has 0 bridgehead atoms. The molecular formula is C15H13NO5. The van der Waals surface area contributed by atoms with E-state index in [1.54, 1.807) is 12.1 Å². The molecule has 21 heavy (non-hydrogen) atoms. The fourth-order valence-corrected chi connectivity index (χ4v) is 2.09. The molecule has 0 heterocycles. The summed E-state index contributed by atoms with van der Waals surface area (Å²) in [7, 11) is 1.46. The smallest absolute Gasteiger partial charge is 0.336 e. The highest BCUT2D eigenvalue weighted by Crippen LogP contribution is 2.35. The predicted molar refractivity (Wildman–Crippen MR) is 76.8 cm³/mol. The quantitative estimate of drug-likeness (QED) is 0.688. The van der Waals surface area contributed by atoms with Crippen molar-refractivity contribution in [2.75, 3.05) is 7.11 Å². The lowest BCUT2D eigenvalue weighted by Crippen LogP contribution is -2.02. The van der Waals surface area contributed by atoms with E-state index in [9.17, 15) is 20.0 Å². The number of hydrogen-bond acceptors (Lipinski definition) is 4. The van der Waals surface area contributed by atoms with Gasteiger partial charge in [-0.15, -0.1) is 0 Å². The Hall–Kier alpha value is -2.89. The van der Waals surface area contributed by atoms with Crippen molar-refractivity contribution in [2.45, 2.75) is 6.92 Å². The SMILES string of the molecule is COc1ccc(C)cc1-c1cc([N+](=O)[O-])ccc1C(=O)O. The van der Waals surface area contributed by atoms with Crippen LogP contribution in [0, 0.1) is 17.0 Å². The number of nitrogens with zero attached hydrogens (tertiary/aromatic N) is 1. The Morgan fingerprint density at radius 2 is 1.90 bits per heavy atom. The molecule has 0 aliphatic heterocycles. The first-order valence-corrected chi connectivity index (χ1v) is 6.10. The van der Waals surface area contributed by atoms with Crippen LogP contribution in [0.4, 0.5) is 5.69 Å². The van der Waals surface area contributed by atoms with Gasteiger partial charge in [-0.05, 0) is 25.1 Å². The number of aromatic carboxylic acids is 1. The lowest BCUT2D eigenvalue weighted by molar-refractivity contribution is -0.384. The molecule has 2 aromatic rings. The minimum absolute atomic E-state index is 0.00972. The topological polar surface area (TPSA) is 89.7 Å². The van der Waals surface area contributed by atoms with Crippen LogP contribution in [0.2, 0.25) is 0 Å². The maximum Gasteiger partial charge on any atom is 0.336 e. The summed E-state index contributed by atoms with van der Waals surface area (Å²) in [5, 5.41) is 20.2. The standard InChI is InChI=1S/C15H13NO5/c1-9-3-6-14(21-2)13(7-9)12-8-10(16(19)20)4-5-11(12)15(17)18/h3-8H,1-2H3,(H,17,18). The van der Waals surface area contributed by atoms with Gasteiger partial charge in [-0.1, -0.05) is 11.6 Å². The Kier molecular flexibility index (Phi) is 3.89. The summed E-state index contributed by atoms with van der Waals surface area (Å²) in [5.74, 6) is -0.688. The number of aryl methyl sites for hydroxylation is 1. The number of nitro groups is 1. The van der Waals surface area contributed by atoms with E-state index in [2.05, 4.69) is 0 Å². The first kappa shape index (κ1) is 14.5. The van der Waals surface area contributed by atoms with E-state index in [4.69, 9.17) is 4.74 Å². The van der Waals surface area contributed by atoms with E-state index in [0.29, 0.717) is 11.3 Å². The molecule has 0 atom stereocenters. The Morgan fingerprint density at radius 1 is 1.19 bits per heavy atom. The van der Waals surface area contributed by atoms with Crippen molar-refractivity contribution >= 4 is 11.7 Å². The average molecular weight is 287 g/mol. The van der Waals surface area contributed by atoms with Crippen LogP contribution in [0.3, 0.4) is 0 Å². The van der Waals surface area contributed by atoms with Crippen molar-refractivity contribution in [3.8, 4) is 16.9 Å². The molecule has 0 saturated heterocycles. The van der Waals surface area contributed by atoms with Crippen LogP contribution < -0.4 is 4.74 Å². The highest BCUT2D eigenvalue weighted by atomic mass is 16.6. The van der Waals surface area contributed by atoms with Crippen LogP contribution in [-0.2, 0) is 0 Å². The number of rotatable bonds is 4. The zero-order valence-corrected chi connectivity index (χ0v) is 11.5. The number of benzene rings is 2. The Bertz CT molecular complexity index is 724.